The number of pyridine rings is 2. The predicted molar refractivity (Wildman–Crippen MR) is 249 cm³/mol. The summed E-state index contributed by atoms with van der Waals surface area (Å²) >= 11 is 0. The Kier molecular flexibility index (Phi) is 6.72. The van der Waals surface area contributed by atoms with E-state index in [1.54, 1.807) is 0 Å². The molecule has 0 fully saturated rings. The summed E-state index contributed by atoms with van der Waals surface area (Å²) in [5.41, 5.74) is 13.2. The molecule has 3 heteroatoms. The normalized spacial score (nSPS) is 12.1. The molecule has 0 N–H and O–H groups in total. The van der Waals surface area contributed by atoms with Crippen molar-refractivity contribution in [1.82, 2.24) is 14.4 Å². The Hall–Kier alpha value is -7.88. The van der Waals surface area contributed by atoms with E-state index in [1.807, 2.05) is 0 Å². The highest BCUT2D eigenvalue weighted by atomic mass is 15.0. The van der Waals surface area contributed by atoms with Gasteiger partial charge >= 0.3 is 0 Å². The van der Waals surface area contributed by atoms with Crippen LogP contribution in [-0.2, 0) is 0 Å². The summed E-state index contributed by atoms with van der Waals surface area (Å²) < 4.78 is 2.29. The zero-order valence-corrected chi connectivity index (χ0v) is 31.9. The van der Waals surface area contributed by atoms with Crippen LogP contribution in [0.4, 0.5) is 0 Å². The molecule has 59 heavy (non-hydrogen) atoms. The Bertz CT molecular complexity index is 3910. The third kappa shape index (κ3) is 4.82. The molecule has 0 bridgehead atoms. The van der Waals surface area contributed by atoms with Crippen LogP contribution in [0.25, 0.3) is 126 Å². The van der Waals surface area contributed by atoms with Gasteiger partial charge in [0.05, 0.1) is 27.6 Å². The first-order valence-electron chi connectivity index (χ1n) is 20.2. The number of para-hydroxylation sites is 3. The number of nitrogens with zero attached hydrogens (tertiary/aromatic N) is 3. The number of aromatic nitrogens is 3. The van der Waals surface area contributed by atoms with Crippen LogP contribution >= 0.6 is 0 Å². The first-order chi connectivity index (χ1) is 29.2. The van der Waals surface area contributed by atoms with Crippen molar-refractivity contribution in [3.05, 3.63) is 200 Å². The Balaban J connectivity index is 1.12. The van der Waals surface area contributed by atoms with E-state index in [1.165, 1.54) is 65.3 Å². The Labute approximate surface area is 339 Å². The van der Waals surface area contributed by atoms with Crippen LogP contribution < -0.4 is 0 Å². The molecule has 0 aliphatic heterocycles. The van der Waals surface area contributed by atoms with E-state index in [4.69, 9.17) is 9.97 Å². The number of hydrogen-bond donors (Lipinski definition) is 0. The maximum absolute atomic E-state index is 5.36. The molecule has 3 aromatic heterocycles. The molecule has 0 amide bonds. The number of imidazole rings is 1. The molecule has 0 radical (unpaired) electrons. The Morgan fingerprint density at radius 3 is 1.49 bits per heavy atom. The molecule has 10 aromatic carbocycles. The van der Waals surface area contributed by atoms with E-state index >= 15 is 0 Å². The van der Waals surface area contributed by atoms with Crippen LogP contribution in [0, 0.1) is 0 Å². The van der Waals surface area contributed by atoms with Crippen LogP contribution in [0.5, 0.6) is 0 Å². The van der Waals surface area contributed by atoms with Gasteiger partial charge in [0.2, 0.25) is 0 Å². The van der Waals surface area contributed by atoms with Crippen LogP contribution in [-0.4, -0.2) is 14.4 Å². The van der Waals surface area contributed by atoms with Gasteiger partial charge in [-0.3, -0.25) is 4.40 Å². The van der Waals surface area contributed by atoms with Crippen molar-refractivity contribution in [3.63, 3.8) is 0 Å². The minimum atomic E-state index is 0.945. The van der Waals surface area contributed by atoms with E-state index in [0.29, 0.717) is 0 Å². The quantitative estimate of drug-likeness (QED) is 0.133. The van der Waals surface area contributed by atoms with Crippen LogP contribution in [0.3, 0.4) is 0 Å². The molecule has 0 unspecified atom stereocenters. The number of fused-ring (bicyclic) bond motifs is 13. The van der Waals surface area contributed by atoms with Crippen molar-refractivity contribution in [1.29, 1.82) is 0 Å². The number of hydrogen-bond acceptors (Lipinski definition) is 2. The lowest BCUT2D eigenvalue weighted by molar-refractivity contribution is 1.30. The summed E-state index contributed by atoms with van der Waals surface area (Å²) in [5, 5.41) is 13.2. The second-order valence-corrected chi connectivity index (χ2v) is 15.7. The first-order valence-corrected chi connectivity index (χ1v) is 20.2. The van der Waals surface area contributed by atoms with Gasteiger partial charge in [-0.05, 0) is 131 Å². The third-order valence-corrected chi connectivity index (χ3v) is 12.5. The highest BCUT2D eigenvalue weighted by Gasteiger charge is 2.20. The SMILES string of the molecule is c1ccc2cc(-c3c4ccccc4c(-c4ccc5ccccc5c4)c4cc(-c5ccc6c(c5)c5nc7ccccc7cc5n5c7ccccc7nc65)ccc34)ccc2c1. The molecular weight excluding hydrogens is 715 g/mol. The third-order valence-electron chi connectivity index (χ3n) is 12.5. The molecule has 0 aliphatic rings. The molecule has 0 spiro atoms. The minimum absolute atomic E-state index is 0.945. The summed E-state index contributed by atoms with van der Waals surface area (Å²) in [6.45, 7) is 0. The standard InChI is InChI=1S/C56H33N3/c1-3-13-36-29-41(23-21-34(36)11-1)53-43-16-6-7-17-44(43)54(42-24-22-35-12-2-4-14-37(35)30-42)47-31-38(25-27-45(47)53)39-26-28-46-48(32-39)55-52(33-40-15-5-8-18-49(40)57-55)59-51-20-10-9-19-50(51)58-56(46)59/h1-33H. The average molecular weight is 748 g/mol. The molecule has 0 saturated heterocycles. The van der Waals surface area contributed by atoms with Crippen LogP contribution in [0.15, 0.2) is 200 Å². The van der Waals surface area contributed by atoms with E-state index in [2.05, 4.69) is 205 Å². The van der Waals surface area contributed by atoms with Crippen molar-refractivity contribution in [2.75, 3.05) is 0 Å². The van der Waals surface area contributed by atoms with Crippen molar-refractivity contribution in [3.8, 4) is 33.4 Å². The van der Waals surface area contributed by atoms with Gasteiger partial charge in [-0.25, -0.2) is 9.97 Å². The van der Waals surface area contributed by atoms with Gasteiger partial charge in [0.15, 0.2) is 0 Å². The van der Waals surface area contributed by atoms with Gasteiger partial charge in [-0.2, -0.15) is 0 Å². The van der Waals surface area contributed by atoms with Crippen LogP contribution in [0.2, 0.25) is 0 Å². The summed E-state index contributed by atoms with van der Waals surface area (Å²) in [6, 6.07) is 73.1. The van der Waals surface area contributed by atoms with Crippen molar-refractivity contribution < 1.29 is 0 Å². The van der Waals surface area contributed by atoms with Gasteiger partial charge in [-0.1, -0.05) is 146 Å². The predicted octanol–water partition coefficient (Wildman–Crippen LogP) is 15.0. The highest BCUT2D eigenvalue weighted by molar-refractivity contribution is 6.23. The molecule has 0 saturated carbocycles. The molecule has 13 rings (SSSR count). The van der Waals surface area contributed by atoms with Crippen molar-refractivity contribution in [2.45, 2.75) is 0 Å². The molecule has 0 atom stereocenters. The van der Waals surface area contributed by atoms with Crippen molar-refractivity contribution in [2.24, 2.45) is 0 Å². The molecular formula is C56H33N3. The summed E-state index contributed by atoms with van der Waals surface area (Å²) in [4.78, 5) is 10.6. The number of rotatable bonds is 3. The fourth-order valence-corrected chi connectivity index (χ4v) is 9.71. The second-order valence-electron chi connectivity index (χ2n) is 15.7. The van der Waals surface area contributed by atoms with Crippen molar-refractivity contribution >= 4 is 92.5 Å². The molecule has 0 aliphatic carbocycles. The van der Waals surface area contributed by atoms with E-state index in [0.717, 1.165) is 60.5 Å². The fourth-order valence-electron chi connectivity index (χ4n) is 9.71. The fraction of sp³-hybridized carbons (Fsp3) is 0. The van der Waals surface area contributed by atoms with Gasteiger partial charge in [0.1, 0.15) is 5.65 Å². The maximum Gasteiger partial charge on any atom is 0.146 e. The highest BCUT2D eigenvalue weighted by Crippen LogP contribution is 2.46. The van der Waals surface area contributed by atoms with Gasteiger partial charge in [0, 0.05) is 16.2 Å². The second kappa shape index (κ2) is 12.3. The van der Waals surface area contributed by atoms with E-state index in [9.17, 15) is 0 Å². The zero-order valence-electron chi connectivity index (χ0n) is 31.9. The summed E-state index contributed by atoms with van der Waals surface area (Å²) in [6.07, 6.45) is 0. The smallest absolute Gasteiger partial charge is 0.146 e. The van der Waals surface area contributed by atoms with Gasteiger partial charge in [-0.15, -0.1) is 0 Å². The zero-order chi connectivity index (χ0) is 38.6. The van der Waals surface area contributed by atoms with Gasteiger partial charge < -0.3 is 0 Å². The van der Waals surface area contributed by atoms with Gasteiger partial charge in [0.25, 0.3) is 0 Å². The van der Waals surface area contributed by atoms with E-state index < -0.39 is 0 Å². The average Bonchev–Trinajstić information content (AvgIpc) is 3.70. The van der Waals surface area contributed by atoms with Crippen LogP contribution in [0.1, 0.15) is 0 Å². The Morgan fingerprint density at radius 2 is 0.797 bits per heavy atom. The number of benzene rings is 10. The maximum atomic E-state index is 5.36. The Morgan fingerprint density at radius 1 is 0.288 bits per heavy atom. The molecule has 272 valence electrons. The lowest BCUT2D eigenvalue weighted by Crippen LogP contribution is -1.95. The lowest BCUT2D eigenvalue weighted by Gasteiger charge is -2.19. The largest absolute Gasteiger partial charge is 0.290 e. The lowest BCUT2D eigenvalue weighted by atomic mass is 9.84. The molecule has 3 nitrogen and oxygen atoms in total. The summed E-state index contributed by atoms with van der Waals surface area (Å²) in [7, 11) is 0. The van der Waals surface area contributed by atoms with E-state index in [-0.39, 0.29) is 0 Å². The topological polar surface area (TPSA) is 30.2 Å². The first kappa shape index (κ1) is 32.2. The monoisotopic (exact) mass is 747 g/mol. The minimum Gasteiger partial charge on any atom is -0.290 e. The summed E-state index contributed by atoms with van der Waals surface area (Å²) in [5.74, 6) is 0. The molecule has 13 aromatic rings. The molecule has 3 heterocycles.